The van der Waals surface area contributed by atoms with Crippen molar-refractivity contribution in [2.24, 2.45) is 0 Å². The first-order chi connectivity index (χ1) is 29.0. The summed E-state index contributed by atoms with van der Waals surface area (Å²) in [6.07, 6.45) is 0. The van der Waals surface area contributed by atoms with Crippen molar-refractivity contribution < 1.29 is 9.47 Å². The fraction of sp³-hybridized carbons (Fsp3) is 0.0556. The first kappa shape index (κ1) is 36.8. The van der Waals surface area contributed by atoms with Crippen LogP contribution in [0.25, 0.3) is 32.9 Å². The molecular weight excluding hydrogens is 723 g/mol. The SMILES string of the molecule is COc1ccc(N(c2ccc(C#Cc3ccc(N(c4ccc(C)cc4)c4ccc(-c5c6ccccc6nc6ccccc56)cc4)cc3)cc2)c2ccc(OC)cc2)cc1. The maximum Gasteiger partial charge on any atom is 0.119 e. The average molecular weight is 764 g/mol. The van der Waals surface area contributed by atoms with Gasteiger partial charge in [-0.1, -0.05) is 78.1 Å². The van der Waals surface area contributed by atoms with Crippen LogP contribution >= 0.6 is 0 Å². The minimum Gasteiger partial charge on any atom is -0.497 e. The Morgan fingerprint density at radius 2 is 0.729 bits per heavy atom. The second kappa shape index (κ2) is 16.3. The van der Waals surface area contributed by atoms with E-state index in [0.29, 0.717) is 0 Å². The van der Waals surface area contributed by atoms with E-state index in [0.717, 1.165) is 84.1 Å². The van der Waals surface area contributed by atoms with Gasteiger partial charge in [-0.2, -0.15) is 0 Å². The minimum atomic E-state index is 0.809. The number of fused-ring (bicyclic) bond motifs is 2. The molecule has 0 aliphatic rings. The zero-order valence-corrected chi connectivity index (χ0v) is 33.1. The Balaban J connectivity index is 0.997. The molecule has 0 unspecified atom stereocenters. The molecule has 1 heterocycles. The summed E-state index contributed by atoms with van der Waals surface area (Å²) in [7, 11) is 3.36. The van der Waals surface area contributed by atoms with E-state index in [2.05, 4.69) is 186 Å². The number of ether oxygens (including phenoxy) is 2. The number of aryl methyl sites for hydroxylation is 1. The van der Waals surface area contributed by atoms with Crippen molar-refractivity contribution in [3.63, 3.8) is 0 Å². The number of methoxy groups -OCH3 is 2. The molecule has 0 aliphatic carbocycles. The molecule has 0 spiro atoms. The zero-order chi connectivity index (χ0) is 40.1. The quantitative estimate of drug-likeness (QED) is 0.108. The van der Waals surface area contributed by atoms with Gasteiger partial charge in [0, 0.05) is 61.6 Å². The Morgan fingerprint density at radius 1 is 0.390 bits per heavy atom. The molecule has 9 aromatic rings. The van der Waals surface area contributed by atoms with Gasteiger partial charge in [-0.25, -0.2) is 4.98 Å². The summed E-state index contributed by atoms with van der Waals surface area (Å²) in [6, 6.07) is 67.2. The number of aromatic nitrogens is 1. The van der Waals surface area contributed by atoms with E-state index in [1.807, 2.05) is 36.4 Å². The Morgan fingerprint density at radius 3 is 1.12 bits per heavy atom. The topological polar surface area (TPSA) is 37.8 Å². The normalized spacial score (nSPS) is 10.8. The van der Waals surface area contributed by atoms with Crippen LogP contribution in [0.5, 0.6) is 11.5 Å². The van der Waals surface area contributed by atoms with E-state index in [1.54, 1.807) is 14.2 Å². The summed E-state index contributed by atoms with van der Waals surface area (Å²) in [4.78, 5) is 9.44. The van der Waals surface area contributed by atoms with Crippen molar-refractivity contribution in [3.05, 3.63) is 211 Å². The highest BCUT2D eigenvalue weighted by Gasteiger charge is 2.16. The summed E-state index contributed by atoms with van der Waals surface area (Å²) < 4.78 is 10.8. The number of benzene rings is 8. The van der Waals surface area contributed by atoms with Crippen molar-refractivity contribution >= 4 is 55.9 Å². The number of hydrogen-bond acceptors (Lipinski definition) is 5. The maximum absolute atomic E-state index is 5.42. The molecular formula is C54H41N3O2. The molecule has 0 aliphatic heterocycles. The second-order valence-corrected chi connectivity index (χ2v) is 14.3. The Hall–Kier alpha value is -7.81. The lowest BCUT2D eigenvalue weighted by Gasteiger charge is -2.26. The number of rotatable bonds is 9. The van der Waals surface area contributed by atoms with Gasteiger partial charge in [-0.05, 0) is 146 Å². The van der Waals surface area contributed by atoms with Gasteiger partial charge in [0.25, 0.3) is 0 Å². The van der Waals surface area contributed by atoms with Gasteiger partial charge in [0.15, 0.2) is 0 Å². The summed E-state index contributed by atoms with van der Waals surface area (Å²) in [6.45, 7) is 2.12. The van der Waals surface area contributed by atoms with Crippen LogP contribution in [0.2, 0.25) is 0 Å². The molecule has 0 N–H and O–H groups in total. The third kappa shape index (κ3) is 7.68. The van der Waals surface area contributed by atoms with Crippen molar-refractivity contribution in [1.29, 1.82) is 0 Å². The van der Waals surface area contributed by atoms with Crippen LogP contribution in [0.3, 0.4) is 0 Å². The van der Waals surface area contributed by atoms with Gasteiger partial charge in [0.2, 0.25) is 0 Å². The van der Waals surface area contributed by atoms with Crippen molar-refractivity contribution in [1.82, 2.24) is 4.98 Å². The largest absolute Gasteiger partial charge is 0.497 e. The molecule has 0 radical (unpaired) electrons. The summed E-state index contributed by atoms with van der Waals surface area (Å²) in [5.74, 6) is 8.39. The summed E-state index contributed by atoms with van der Waals surface area (Å²) in [5, 5.41) is 2.29. The minimum absolute atomic E-state index is 0.809. The molecule has 5 nitrogen and oxygen atoms in total. The summed E-state index contributed by atoms with van der Waals surface area (Å²) in [5.41, 5.74) is 13.7. The van der Waals surface area contributed by atoms with Gasteiger partial charge < -0.3 is 19.3 Å². The van der Waals surface area contributed by atoms with E-state index < -0.39 is 0 Å². The molecule has 284 valence electrons. The standard InChI is InChI=1S/C54H41N3O2/c1-38-12-22-42(23-13-38)56(45-28-20-41(21-29-45)54-50-8-4-6-10-52(50)55-53-11-7-5-9-51(53)54)43-24-16-39(17-25-43)14-15-40-18-26-44(27-19-40)57(46-30-34-48(58-2)35-31-46)47-32-36-49(59-3)37-33-47/h4-13,16-37H,1-3H3. The number of pyridine rings is 1. The van der Waals surface area contributed by atoms with Crippen molar-refractivity contribution in [2.45, 2.75) is 6.92 Å². The van der Waals surface area contributed by atoms with E-state index in [-0.39, 0.29) is 0 Å². The van der Waals surface area contributed by atoms with E-state index in [1.165, 1.54) is 11.1 Å². The van der Waals surface area contributed by atoms with Crippen molar-refractivity contribution in [3.8, 4) is 34.5 Å². The molecule has 0 bridgehead atoms. The number of hydrogen-bond donors (Lipinski definition) is 0. The predicted octanol–water partition coefficient (Wildman–Crippen LogP) is 13.7. The average Bonchev–Trinajstić information content (AvgIpc) is 3.30. The van der Waals surface area contributed by atoms with Crippen LogP contribution in [0, 0.1) is 18.8 Å². The lowest BCUT2D eigenvalue weighted by Crippen LogP contribution is -2.10. The molecule has 5 heteroatoms. The van der Waals surface area contributed by atoms with E-state index in [4.69, 9.17) is 14.5 Å². The van der Waals surface area contributed by atoms with Crippen LogP contribution in [-0.4, -0.2) is 19.2 Å². The van der Waals surface area contributed by atoms with Crippen LogP contribution in [-0.2, 0) is 0 Å². The highest BCUT2D eigenvalue weighted by atomic mass is 16.5. The molecule has 8 aromatic carbocycles. The Bertz CT molecular complexity index is 2830. The molecule has 9 rings (SSSR count). The molecule has 0 atom stereocenters. The first-order valence-corrected chi connectivity index (χ1v) is 19.6. The fourth-order valence-electron chi connectivity index (χ4n) is 7.51. The third-order valence-electron chi connectivity index (χ3n) is 10.6. The highest BCUT2D eigenvalue weighted by molar-refractivity contribution is 6.09. The number of nitrogens with zero attached hydrogens (tertiary/aromatic N) is 3. The van der Waals surface area contributed by atoms with Crippen LogP contribution in [0.15, 0.2) is 194 Å². The zero-order valence-electron chi connectivity index (χ0n) is 33.1. The smallest absolute Gasteiger partial charge is 0.119 e. The molecule has 59 heavy (non-hydrogen) atoms. The van der Waals surface area contributed by atoms with Crippen molar-refractivity contribution in [2.75, 3.05) is 24.0 Å². The second-order valence-electron chi connectivity index (χ2n) is 14.3. The van der Waals surface area contributed by atoms with E-state index in [9.17, 15) is 0 Å². The molecule has 0 amide bonds. The monoisotopic (exact) mass is 763 g/mol. The first-order valence-electron chi connectivity index (χ1n) is 19.6. The maximum atomic E-state index is 5.42. The highest BCUT2D eigenvalue weighted by Crippen LogP contribution is 2.40. The van der Waals surface area contributed by atoms with Crippen LogP contribution < -0.4 is 19.3 Å². The third-order valence-corrected chi connectivity index (χ3v) is 10.6. The van der Waals surface area contributed by atoms with Crippen LogP contribution in [0.1, 0.15) is 16.7 Å². The fourth-order valence-corrected chi connectivity index (χ4v) is 7.51. The molecule has 0 saturated heterocycles. The Kier molecular flexibility index (Phi) is 10.2. The van der Waals surface area contributed by atoms with Crippen LogP contribution in [0.4, 0.5) is 34.1 Å². The van der Waals surface area contributed by atoms with Gasteiger partial charge >= 0.3 is 0 Å². The van der Waals surface area contributed by atoms with Gasteiger partial charge in [0.1, 0.15) is 11.5 Å². The predicted molar refractivity (Wildman–Crippen MR) is 244 cm³/mol. The van der Waals surface area contributed by atoms with E-state index >= 15 is 0 Å². The van der Waals surface area contributed by atoms with Gasteiger partial charge in [-0.3, -0.25) is 0 Å². The Labute approximate surface area is 345 Å². The molecule has 0 fully saturated rings. The number of para-hydroxylation sites is 2. The molecule has 1 aromatic heterocycles. The van der Waals surface area contributed by atoms with Gasteiger partial charge in [-0.15, -0.1) is 0 Å². The number of anilines is 6. The lowest BCUT2D eigenvalue weighted by molar-refractivity contribution is 0.415. The summed E-state index contributed by atoms with van der Waals surface area (Å²) >= 11 is 0. The van der Waals surface area contributed by atoms with Gasteiger partial charge in [0.05, 0.1) is 25.3 Å². The lowest BCUT2D eigenvalue weighted by atomic mass is 9.96. The molecule has 0 saturated carbocycles.